The second kappa shape index (κ2) is 7.85. The van der Waals surface area contributed by atoms with E-state index in [1.54, 1.807) is 19.2 Å². The van der Waals surface area contributed by atoms with Gasteiger partial charge in [0.2, 0.25) is 10.0 Å². The van der Waals surface area contributed by atoms with Gasteiger partial charge in [-0.05, 0) is 44.1 Å². The minimum atomic E-state index is -3.18. The van der Waals surface area contributed by atoms with Gasteiger partial charge in [0.1, 0.15) is 0 Å². The van der Waals surface area contributed by atoms with Gasteiger partial charge in [0.25, 0.3) is 0 Å². The largest absolute Gasteiger partial charge is 0.320 e. The molecule has 0 heterocycles. The van der Waals surface area contributed by atoms with Crippen molar-refractivity contribution in [3.05, 3.63) is 34.9 Å². The van der Waals surface area contributed by atoms with Crippen molar-refractivity contribution >= 4 is 21.6 Å². The Kier molecular flexibility index (Phi) is 6.79. The highest BCUT2D eigenvalue weighted by Crippen LogP contribution is 2.13. The third-order valence-electron chi connectivity index (χ3n) is 2.87. The molecule has 0 atom stereocenters. The van der Waals surface area contributed by atoms with Gasteiger partial charge < -0.3 is 5.32 Å². The number of sulfonamides is 1. The number of hydrogen-bond donors (Lipinski definition) is 1. The van der Waals surface area contributed by atoms with Crippen LogP contribution in [0.3, 0.4) is 0 Å². The second-order valence-electron chi connectivity index (χ2n) is 4.51. The lowest BCUT2D eigenvalue weighted by molar-refractivity contribution is 0.464. The van der Waals surface area contributed by atoms with Gasteiger partial charge in [0, 0.05) is 18.6 Å². The molecule has 1 N–H and O–H groups in total. The lowest BCUT2D eigenvalue weighted by Crippen LogP contribution is -2.29. The SMILES string of the molecule is CNCCCCS(=O)(=O)N(C)Cc1ccc(Cl)cc1. The first-order valence-electron chi connectivity index (χ1n) is 6.29. The van der Waals surface area contributed by atoms with Crippen LogP contribution in [0.25, 0.3) is 0 Å². The van der Waals surface area contributed by atoms with E-state index in [2.05, 4.69) is 5.32 Å². The number of benzene rings is 1. The van der Waals surface area contributed by atoms with E-state index in [-0.39, 0.29) is 5.75 Å². The van der Waals surface area contributed by atoms with Gasteiger partial charge in [0.15, 0.2) is 0 Å². The van der Waals surface area contributed by atoms with Crippen LogP contribution in [0.15, 0.2) is 24.3 Å². The molecule has 0 bridgehead atoms. The molecular formula is C13H21ClN2O2S. The average molecular weight is 305 g/mol. The summed E-state index contributed by atoms with van der Waals surface area (Å²) in [6.07, 6.45) is 1.54. The minimum Gasteiger partial charge on any atom is -0.320 e. The normalized spacial score (nSPS) is 12.0. The van der Waals surface area contributed by atoms with Crippen molar-refractivity contribution < 1.29 is 8.42 Å². The van der Waals surface area contributed by atoms with Crippen molar-refractivity contribution in [3.63, 3.8) is 0 Å². The number of unbranched alkanes of at least 4 members (excludes halogenated alkanes) is 1. The summed E-state index contributed by atoms with van der Waals surface area (Å²) in [7, 11) is 0.299. The van der Waals surface area contributed by atoms with Crippen molar-refractivity contribution in [2.24, 2.45) is 0 Å². The summed E-state index contributed by atoms with van der Waals surface area (Å²) in [6.45, 7) is 1.22. The molecule has 108 valence electrons. The fourth-order valence-corrected chi connectivity index (χ4v) is 3.04. The van der Waals surface area contributed by atoms with Crippen LogP contribution in [-0.4, -0.2) is 39.1 Å². The first kappa shape index (κ1) is 16.4. The van der Waals surface area contributed by atoms with Gasteiger partial charge in [-0.3, -0.25) is 0 Å². The third-order valence-corrected chi connectivity index (χ3v) is 5.01. The molecule has 0 aromatic heterocycles. The zero-order valence-corrected chi connectivity index (χ0v) is 13.0. The van der Waals surface area contributed by atoms with E-state index < -0.39 is 10.0 Å². The van der Waals surface area contributed by atoms with Crippen molar-refractivity contribution in [2.45, 2.75) is 19.4 Å². The predicted octanol–water partition coefficient (Wildman–Crippen LogP) is 2.10. The van der Waals surface area contributed by atoms with Crippen LogP contribution in [0.4, 0.5) is 0 Å². The molecule has 0 unspecified atom stereocenters. The summed E-state index contributed by atoms with van der Waals surface area (Å²) >= 11 is 5.80. The molecule has 0 amide bonds. The van der Waals surface area contributed by atoms with Crippen molar-refractivity contribution in [1.29, 1.82) is 0 Å². The van der Waals surface area contributed by atoms with E-state index in [1.165, 1.54) is 4.31 Å². The van der Waals surface area contributed by atoms with Crippen molar-refractivity contribution in [3.8, 4) is 0 Å². The number of nitrogens with zero attached hydrogens (tertiary/aromatic N) is 1. The van der Waals surface area contributed by atoms with Crippen LogP contribution in [0.5, 0.6) is 0 Å². The summed E-state index contributed by atoms with van der Waals surface area (Å²) in [4.78, 5) is 0. The van der Waals surface area contributed by atoms with E-state index in [9.17, 15) is 8.42 Å². The molecule has 0 saturated carbocycles. The highest BCUT2D eigenvalue weighted by molar-refractivity contribution is 7.89. The lowest BCUT2D eigenvalue weighted by Gasteiger charge is -2.17. The van der Waals surface area contributed by atoms with E-state index in [0.717, 1.165) is 18.5 Å². The zero-order chi connectivity index (χ0) is 14.3. The minimum absolute atomic E-state index is 0.193. The molecule has 19 heavy (non-hydrogen) atoms. The van der Waals surface area contributed by atoms with Crippen LogP contribution in [0, 0.1) is 0 Å². The second-order valence-corrected chi connectivity index (χ2v) is 7.14. The zero-order valence-electron chi connectivity index (χ0n) is 11.4. The summed E-state index contributed by atoms with van der Waals surface area (Å²) in [6, 6.07) is 7.22. The van der Waals surface area contributed by atoms with Gasteiger partial charge >= 0.3 is 0 Å². The van der Waals surface area contributed by atoms with E-state index in [4.69, 9.17) is 11.6 Å². The average Bonchev–Trinajstić information content (AvgIpc) is 2.37. The van der Waals surface area contributed by atoms with E-state index >= 15 is 0 Å². The van der Waals surface area contributed by atoms with E-state index in [0.29, 0.717) is 18.0 Å². The molecule has 0 radical (unpaired) electrons. The van der Waals surface area contributed by atoms with Crippen LogP contribution in [0.1, 0.15) is 18.4 Å². The number of hydrogen-bond acceptors (Lipinski definition) is 3. The molecule has 1 aromatic carbocycles. The highest BCUT2D eigenvalue weighted by atomic mass is 35.5. The fourth-order valence-electron chi connectivity index (χ4n) is 1.69. The monoisotopic (exact) mass is 304 g/mol. The molecule has 0 saturated heterocycles. The maximum atomic E-state index is 12.0. The Labute approximate surface area is 120 Å². The van der Waals surface area contributed by atoms with Gasteiger partial charge in [0.05, 0.1) is 5.75 Å². The third kappa shape index (κ3) is 5.91. The predicted molar refractivity (Wildman–Crippen MR) is 79.9 cm³/mol. The fraction of sp³-hybridized carbons (Fsp3) is 0.538. The molecule has 4 nitrogen and oxygen atoms in total. The smallest absolute Gasteiger partial charge is 0.214 e. The first-order chi connectivity index (χ1) is 8.95. The van der Waals surface area contributed by atoms with Crippen molar-refractivity contribution in [1.82, 2.24) is 9.62 Å². The first-order valence-corrected chi connectivity index (χ1v) is 8.27. The standard InChI is InChI=1S/C13H21ClN2O2S/c1-15-9-3-4-10-19(17,18)16(2)11-12-5-7-13(14)8-6-12/h5-8,15H,3-4,9-11H2,1-2H3. The molecule has 1 aromatic rings. The highest BCUT2D eigenvalue weighted by Gasteiger charge is 2.17. The summed E-state index contributed by atoms with van der Waals surface area (Å²) < 4.78 is 25.5. The summed E-state index contributed by atoms with van der Waals surface area (Å²) in [5, 5.41) is 3.66. The van der Waals surface area contributed by atoms with Crippen molar-refractivity contribution in [2.75, 3.05) is 26.4 Å². The summed E-state index contributed by atoms with van der Waals surface area (Å²) in [5.74, 6) is 0.193. The quantitative estimate of drug-likeness (QED) is 0.748. The number of nitrogens with one attached hydrogen (secondary N) is 1. The van der Waals surface area contributed by atoms with Crippen LogP contribution < -0.4 is 5.32 Å². The summed E-state index contributed by atoms with van der Waals surface area (Å²) in [5.41, 5.74) is 0.936. The van der Waals surface area contributed by atoms with Gasteiger partial charge in [-0.25, -0.2) is 12.7 Å². The van der Waals surface area contributed by atoms with Gasteiger partial charge in [-0.15, -0.1) is 0 Å². The molecule has 0 aliphatic carbocycles. The maximum absolute atomic E-state index is 12.0. The van der Waals surface area contributed by atoms with E-state index in [1.807, 2.05) is 19.2 Å². The van der Waals surface area contributed by atoms with Gasteiger partial charge in [-0.1, -0.05) is 23.7 Å². The molecule has 0 aliphatic rings. The number of rotatable bonds is 8. The molecular weight excluding hydrogens is 284 g/mol. The van der Waals surface area contributed by atoms with Crippen LogP contribution in [-0.2, 0) is 16.6 Å². The van der Waals surface area contributed by atoms with Crippen LogP contribution in [0.2, 0.25) is 5.02 Å². The lowest BCUT2D eigenvalue weighted by atomic mass is 10.2. The Morgan fingerprint density at radius 3 is 2.42 bits per heavy atom. The molecule has 0 aliphatic heterocycles. The molecule has 0 fully saturated rings. The Hall–Kier alpha value is -0.620. The molecule has 0 spiro atoms. The topological polar surface area (TPSA) is 49.4 Å². The number of halogens is 1. The Balaban J connectivity index is 2.51. The van der Waals surface area contributed by atoms with Crippen LogP contribution >= 0.6 is 11.6 Å². The van der Waals surface area contributed by atoms with Gasteiger partial charge in [-0.2, -0.15) is 0 Å². The Bertz CT molecular complexity index is 474. The maximum Gasteiger partial charge on any atom is 0.214 e. The Morgan fingerprint density at radius 2 is 1.84 bits per heavy atom. The molecule has 1 rings (SSSR count). The molecule has 6 heteroatoms. The Morgan fingerprint density at radius 1 is 1.21 bits per heavy atom.